The lowest BCUT2D eigenvalue weighted by Crippen LogP contribution is -2.07. The minimum absolute atomic E-state index is 0.449. The third kappa shape index (κ3) is 2.47. The maximum absolute atomic E-state index is 9.23. The maximum atomic E-state index is 9.23. The number of hydrogen-bond donors (Lipinski definition) is 1. The first kappa shape index (κ1) is 8.44. The average molecular weight is 126 g/mol. The monoisotopic (exact) mass is 126 g/mol. The van der Waals surface area contributed by atoms with E-state index in [9.17, 15) is 5.11 Å². The Morgan fingerprint density at radius 3 is 2.11 bits per heavy atom. The van der Waals surface area contributed by atoms with Gasteiger partial charge in [-0.15, -0.1) is 0 Å². The lowest BCUT2D eigenvalue weighted by molar-refractivity contribution is 0.247. The van der Waals surface area contributed by atoms with E-state index in [0.717, 1.165) is 11.1 Å². The van der Waals surface area contributed by atoms with E-state index in [-0.39, 0.29) is 0 Å². The first-order chi connectivity index (χ1) is 4.09. The smallest absolute Gasteiger partial charge is 0.0952 e. The van der Waals surface area contributed by atoms with Gasteiger partial charge in [0.2, 0.25) is 0 Å². The number of allylic oxidation sites excluding steroid dienone is 1. The van der Waals surface area contributed by atoms with Gasteiger partial charge in [-0.2, -0.15) is 0 Å². The quantitative estimate of drug-likeness (QED) is 0.560. The molecule has 0 unspecified atom stereocenters. The molecule has 1 heteroatoms. The Kier molecular flexibility index (Phi) is 3.25. The normalized spacial score (nSPS) is 15.3. The third-order valence-electron chi connectivity index (χ3n) is 1.35. The molecule has 0 aromatic carbocycles. The summed E-state index contributed by atoms with van der Waals surface area (Å²) < 4.78 is 0. The van der Waals surface area contributed by atoms with Gasteiger partial charge in [-0.1, -0.05) is 12.7 Å². The fourth-order valence-electron chi connectivity index (χ4n) is 0.547. The molecule has 1 nitrogen and oxygen atoms in total. The predicted octanol–water partition coefficient (Wildman–Crippen LogP) is 1.89. The lowest BCUT2D eigenvalue weighted by Gasteiger charge is -2.08. The highest BCUT2D eigenvalue weighted by molar-refractivity contribution is 5.16. The van der Waals surface area contributed by atoms with Gasteiger partial charge < -0.3 is 5.11 Å². The van der Waals surface area contributed by atoms with Crippen LogP contribution in [0.25, 0.3) is 0 Å². The van der Waals surface area contributed by atoms with Gasteiger partial charge in [-0.25, -0.2) is 0 Å². The van der Waals surface area contributed by atoms with Crippen molar-refractivity contribution in [1.82, 2.24) is 0 Å². The van der Waals surface area contributed by atoms with Gasteiger partial charge in [0, 0.05) is 0 Å². The standard InChI is InChI=1S/C8H14O/c1-5-7(4)8(9)6(2)3/h5,8-9H,2H2,1,3-4H3/b7-5+/t8-/m0/s1. The van der Waals surface area contributed by atoms with Gasteiger partial charge in [0.05, 0.1) is 6.10 Å². The molecule has 0 amide bonds. The molecule has 0 fully saturated rings. The summed E-state index contributed by atoms with van der Waals surface area (Å²) >= 11 is 0. The van der Waals surface area contributed by atoms with Crippen LogP contribution in [-0.4, -0.2) is 11.2 Å². The van der Waals surface area contributed by atoms with Crippen molar-refractivity contribution in [3.63, 3.8) is 0 Å². The molecule has 0 aromatic rings. The highest BCUT2D eigenvalue weighted by atomic mass is 16.3. The summed E-state index contributed by atoms with van der Waals surface area (Å²) in [4.78, 5) is 0. The molecule has 0 heterocycles. The summed E-state index contributed by atoms with van der Waals surface area (Å²) in [6, 6.07) is 0. The van der Waals surface area contributed by atoms with Gasteiger partial charge in [0.25, 0.3) is 0 Å². The van der Waals surface area contributed by atoms with Crippen molar-refractivity contribution >= 4 is 0 Å². The van der Waals surface area contributed by atoms with E-state index in [1.54, 1.807) is 0 Å². The molecule has 0 saturated heterocycles. The second-order valence-corrected chi connectivity index (χ2v) is 2.28. The van der Waals surface area contributed by atoms with Crippen LogP contribution in [0.15, 0.2) is 23.8 Å². The van der Waals surface area contributed by atoms with Gasteiger partial charge in [-0.3, -0.25) is 0 Å². The van der Waals surface area contributed by atoms with Crippen molar-refractivity contribution in [3.8, 4) is 0 Å². The molecule has 9 heavy (non-hydrogen) atoms. The fourth-order valence-corrected chi connectivity index (χ4v) is 0.547. The molecular weight excluding hydrogens is 112 g/mol. The van der Waals surface area contributed by atoms with Gasteiger partial charge in [0.1, 0.15) is 0 Å². The summed E-state index contributed by atoms with van der Waals surface area (Å²) in [5, 5.41) is 9.23. The van der Waals surface area contributed by atoms with Crippen molar-refractivity contribution < 1.29 is 5.11 Å². The lowest BCUT2D eigenvalue weighted by atomic mass is 10.1. The first-order valence-corrected chi connectivity index (χ1v) is 3.06. The molecule has 0 radical (unpaired) electrons. The number of rotatable bonds is 2. The Balaban J connectivity index is 4.04. The van der Waals surface area contributed by atoms with Crippen molar-refractivity contribution in [1.29, 1.82) is 0 Å². The molecule has 0 aliphatic rings. The third-order valence-corrected chi connectivity index (χ3v) is 1.35. The van der Waals surface area contributed by atoms with Crippen LogP contribution in [0.5, 0.6) is 0 Å². The van der Waals surface area contributed by atoms with Crippen LogP contribution in [0.2, 0.25) is 0 Å². The summed E-state index contributed by atoms with van der Waals surface area (Å²) in [5.74, 6) is 0. The van der Waals surface area contributed by atoms with Crippen LogP contribution in [0.4, 0.5) is 0 Å². The SMILES string of the molecule is C=C(C)[C@H](O)/C(C)=C/C. The average Bonchev–Trinajstić information content (AvgIpc) is 1.84. The van der Waals surface area contributed by atoms with Gasteiger partial charge in [0.15, 0.2) is 0 Å². The molecule has 1 N–H and O–H groups in total. The second-order valence-electron chi connectivity index (χ2n) is 2.28. The minimum atomic E-state index is -0.449. The van der Waals surface area contributed by atoms with E-state index in [4.69, 9.17) is 0 Å². The van der Waals surface area contributed by atoms with E-state index >= 15 is 0 Å². The first-order valence-electron chi connectivity index (χ1n) is 3.06. The largest absolute Gasteiger partial charge is 0.384 e. The molecule has 0 aliphatic heterocycles. The number of aliphatic hydroxyl groups is 1. The summed E-state index contributed by atoms with van der Waals surface area (Å²) in [6.07, 6.45) is 1.44. The van der Waals surface area contributed by atoms with E-state index in [2.05, 4.69) is 6.58 Å². The topological polar surface area (TPSA) is 20.2 Å². The van der Waals surface area contributed by atoms with E-state index < -0.39 is 6.10 Å². The molecule has 1 atom stereocenters. The molecule has 0 aliphatic carbocycles. The Morgan fingerprint density at radius 1 is 1.56 bits per heavy atom. The van der Waals surface area contributed by atoms with Crippen molar-refractivity contribution in [2.24, 2.45) is 0 Å². The molecule has 0 spiro atoms. The Labute approximate surface area is 56.7 Å². The molecule has 0 bridgehead atoms. The van der Waals surface area contributed by atoms with Crippen molar-refractivity contribution in [3.05, 3.63) is 23.8 Å². The van der Waals surface area contributed by atoms with Crippen LogP contribution >= 0.6 is 0 Å². The van der Waals surface area contributed by atoms with Crippen molar-refractivity contribution in [2.75, 3.05) is 0 Å². The zero-order valence-corrected chi connectivity index (χ0v) is 6.31. The Hall–Kier alpha value is -0.560. The van der Waals surface area contributed by atoms with Crippen molar-refractivity contribution in [2.45, 2.75) is 26.9 Å². The van der Waals surface area contributed by atoms with Gasteiger partial charge >= 0.3 is 0 Å². The highest BCUT2D eigenvalue weighted by Gasteiger charge is 2.03. The zero-order valence-electron chi connectivity index (χ0n) is 6.31. The van der Waals surface area contributed by atoms with E-state index in [0.29, 0.717) is 0 Å². The summed E-state index contributed by atoms with van der Waals surface area (Å²) in [6.45, 7) is 9.24. The predicted molar refractivity (Wildman–Crippen MR) is 40.3 cm³/mol. The Bertz CT molecular complexity index is 134. The maximum Gasteiger partial charge on any atom is 0.0952 e. The van der Waals surface area contributed by atoms with Crippen LogP contribution in [0.1, 0.15) is 20.8 Å². The molecule has 0 aromatic heterocycles. The fraction of sp³-hybridized carbons (Fsp3) is 0.500. The summed E-state index contributed by atoms with van der Waals surface area (Å²) in [7, 11) is 0. The van der Waals surface area contributed by atoms with Crippen LogP contribution < -0.4 is 0 Å². The Morgan fingerprint density at radius 2 is 2.00 bits per heavy atom. The van der Waals surface area contributed by atoms with Crippen LogP contribution in [0, 0.1) is 0 Å². The number of aliphatic hydroxyl groups excluding tert-OH is 1. The van der Waals surface area contributed by atoms with Crippen LogP contribution in [-0.2, 0) is 0 Å². The molecule has 0 rings (SSSR count). The van der Waals surface area contributed by atoms with E-state index in [1.165, 1.54) is 0 Å². The second kappa shape index (κ2) is 3.46. The molecule has 52 valence electrons. The van der Waals surface area contributed by atoms with Crippen LogP contribution in [0.3, 0.4) is 0 Å². The molecular formula is C8H14O. The molecule has 0 saturated carbocycles. The zero-order chi connectivity index (χ0) is 7.44. The summed E-state index contributed by atoms with van der Waals surface area (Å²) in [5.41, 5.74) is 1.76. The van der Waals surface area contributed by atoms with E-state index in [1.807, 2.05) is 26.8 Å². The highest BCUT2D eigenvalue weighted by Crippen LogP contribution is 2.07. The van der Waals surface area contributed by atoms with Gasteiger partial charge in [-0.05, 0) is 31.9 Å². The number of hydrogen-bond acceptors (Lipinski definition) is 1. The minimum Gasteiger partial charge on any atom is -0.384 e.